The van der Waals surface area contributed by atoms with Crippen molar-refractivity contribution in [3.8, 4) is 5.75 Å². The molecule has 0 aromatic heterocycles. The second kappa shape index (κ2) is 7.88. The van der Waals surface area contributed by atoms with Crippen LogP contribution in [0.2, 0.25) is 0 Å². The van der Waals surface area contributed by atoms with Crippen LogP contribution in [0.3, 0.4) is 0 Å². The number of anilines is 1. The Morgan fingerprint density at radius 1 is 1.21 bits per heavy atom. The lowest BCUT2D eigenvalue weighted by Gasteiger charge is -2.38. The van der Waals surface area contributed by atoms with Gasteiger partial charge in [-0.3, -0.25) is 0 Å². The van der Waals surface area contributed by atoms with E-state index in [2.05, 4.69) is 12.2 Å². The largest absolute Gasteiger partial charge is 0.494 e. The van der Waals surface area contributed by atoms with E-state index < -0.39 is 0 Å². The maximum Gasteiger partial charge on any atom is 0.322 e. The second-order valence-electron chi connectivity index (χ2n) is 6.78. The number of piperidine rings is 1. The molecule has 24 heavy (non-hydrogen) atoms. The van der Waals surface area contributed by atoms with Crippen molar-refractivity contribution in [2.45, 2.75) is 63.6 Å². The monoisotopic (exact) mass is 332 g/mol. The van der Waals surface area contributed by atoms with Crippen LogP contribution in [0.4, 0.5) is 10.5 Å². The van der Waals surface area contributed by atoms with Gasteiger partial charge >= 0.3 is 6.03 Å². The molecule has 1 N–H and O–H groups in total. The van der Waals surface area contributed by atoms with Gasteiger partial charge in [0, 0.05) is 24.9 Å². The topological polar surface area (TPSA) is 50.8 Å². The van der Waals surface area contributed by atoms with Crippen molar-refractivity contribution in [1.29, 1.82) is 0 Å². The molecule has 1 aromatic rings. The molecular formula is C19H28N2O3. The molecule has 1 aromatic carbocycles. The Labute approximate surface area is 144 Å². The van der Waals surface area contributed by atoms with Gasteiger partial charge in [-0.15, -0.1) is 0 Å². The summed E-state index contributed by atoms with van der Waals surface area (Å²) in [5, 5.41) is 3.03. The summed E-state index contributed by atoms with van der Waals surface area (Å²) in [5.41, 5.74) is 0.816. The third-order valence-corrected chi connectivity index (χ3v) is 5.13. The van der Waals surface area contributed by atoms with E-state index in [4.69, 9.17) is 9.47 Å². The number of methoxy groups -OCH3 is 1. The lowest BCUT2D eigenvalue weighted by molar-refractivity contribution is 0.0232. The Balaban J connectivity index is 1.55. The number of carbonyl (C=O) groups is 1. The first-order chi connectivity index (χ1) is 11.7. The summed E-state index contributed by atoms with van der Waals surface area (Å²) < 4.78 is 11.2. The lowest BCUT2D eigenvalue weighted by atomic mass is 10.0. The molecule has 5 nitrogen and oxygen atoms in total. The average molecular weight is 332 g/mol. The van der Waals surface area contributed by atoms with Gasteiger partial charge in [-0.05, 0) is 56.4 Å². The van der Waals surface area contributed by atoms with Crippen LogP contribution in [0, 0.1) is 0 Å². The van der Waals surface area contributed by atoms with Gasteiger partial charge in [-0.1, -0.05) is 13.3 Å². The zero-order valence-corrected chi connectivity index (χ0v) is 14.7. The molecule has 2 unspecified atom stereocenters. The molecule has 2 amide bonds. The molecule has 132 valence electrons. The van der Waals surface area contributed by atoms with Crippen LogP contribution in [0.15, 0.2) is 24.3 Å². The van der Waals surface area contributed by atoms with Crippen molar-refractivity contribution in [2.75, 3.05) is 19.0 Å². The van der Waals surface area contributed by atoms with Gasteiger partial charge in [0.2, 0.25) is 0 Å². The summed E-state index contributed by atoms with van der Waals surface area (Å²) in [6, 6.07) is 8.27. The molecule has 2 saturated heterocycles. The molecule has 2 aliphatic rings. The molecule has 2 fully saturated rings. The average Bonchev–Trinajstić information content (AvgIpc) is 2.87. The number of ether oxygens (including phenoxy) is 2. The van der Waals surface area contributed by atoms with E-state index in [1.165, 1.54) is 0 Å². The highest BCUT2D eigenvalue weighted by Gasteiger charge is 2.43. The van der Waals surface area contributed by atoms with Crippen molar-refractivity contribution in [3.63, 3.8) is 0 Å². The zero-order valence-electron chi connectivity index (χ0n) is 14.7. The Hall–Kier alpha value is -1.75. The minimum Gasteiger partial charge on any atom is -0.494 e. The van der Waals surface area contributed by atoms with Crippen LogP contribution in [0.5, 0.6) is 5.75 Å². The number of urea groups is 1. The molecule has 2 bridgehead atoms. The van der Waals surface area contributed by atoms with Gasteiger partial charge in [0.15, 0.2) is 0 Å². The molecule has 0 saturated carbocycles. The number of nitrogens with zero attached hydrogens (tertiary/aromatic N) is 1. The fourth-order valence-corrected chi connectivity index (χ4v) is 3.81. The summed E-state index contributed by atoms with van der Waals surface area (Å²) >= 11 is 0. The van der Waals surface area contributed by atoms with Crippen molar-refractivity contribution in [2.24, 2.45) is 0 Å². The predicted molar refractivity (Wildman–Crippen MR) is 94.5 cm³/mol. The van der Waals surface area contributed by atoms with E-state index in [1.54, 1.807) is 7.11 Å². The smallest absolute Gasteiger partial charge is 0.322 e. The van der Waals surface area contributed by atoms with Crippen LogP contribution in [0.1, 0.15) is 45.4 Å². The van der Waals surface area contributed by atoms with Gasteiger partial charge in [0.05, 0.1) is 12.7 Å². The van der Waals surface area contributed by atoms with E-state index in [-0.39, 0.29) is 6.03 Å². The first-order valence-corrected chi connectivity index (χ1v) is 9.06. The van der Waals surface area contributed by atoms with Crippen molar-refractivity contribution >= 4 is 11.7 Å². The summed E-state index contributed by atoms with van der Waals surface area (Å²) in [4.78, 5) is 14.7. The van der Waals surface area contributed by atoms with Crippen molar-refractivity contribution < 1.29 is 14.3 Å². The molecule has 2 heterocycles. The normalized spacial score (nSPS) is 25.6. The number of fused-ring (bicyclic) bond motifs is 2. The summed E-state index contributed by atoms with van der Waals surface area (Å²) in [5.74, 6) is 0.849. The third kappa shape index (κ3) is 3.83. The highest BCUT2D eigenvalue weighted by Crippen LogP contribution is 2.37. The minimum atomic E-state index is 0.0108. The zero-order chi connectivity index (χ0) is 16.9. The second-order valence-corrected chi connectivity index (χ2v) is 6.78. The quantitative estimate of drug-likeness (QED) is 0.800. The maximum atomic E-state index is 12.7. The fraction of sp³-hybridized carbons (Fsp3) is 0.632. The van der Waals surface area contributed by atoms with Crippen LogP contribution >= 0.6 is 0 Å². The number of hydrogen-bond donors (Lipinski definition) is 1. The van der Waals surface area contributed by atoms with Gasteiger partial charge in [-0.2, -0.15) is 0 Å². The molecular weight excluding hydrogens is 304 g/mol. The molecule has 5 heteroatoms. The highest BCUT2D eigenvalue weighted by molar-refractivity contribution is 5.90. The van der Waals surface area contributed by atoms with Crippen molar-refractivity contribution in [3.05, 3.63) is 24.3 Å². The lowest BCUT2D eigenvalue weighted by Crippen LogP contribution is -2.50. The standard InChI is InChI=1S/C19H28N2O3/c1-3-4-11-24-17-9-5-14(6-10-17)20-19(22)21-15-7-8-16(21)13-18(12-15)23-2/h5-6,9-10,15-16,18H,3-4,7-8,11-13H2,1-2H3,(H,20,22). The molecule has 0 aliphatic carbocycles. The van der Waals surface area contributed by atoms with Crippen LogP contribution in [0.25, 0.3) is 0 Å². The number of benzene rings is 1. The Kier molecular flexibility index (Phi) is 5.61. The van der Waals surface area contributed by atoms with Crippen LogP contribution in [-0.2, 0) is 4.74 Å². The third-order valence-electron chi connectivity index (χ3n) is 5.13. The number of carbonyl (C=O) groups excluding carboxylic acids is 1. The maximum absolute atomic E-state index is 12.7. The summed E-state index contributed by atoms with van der Waals surface area (Å²) in [6.07, 6.45) is 6.54. The van der Waals surface area contributed by atoms with E-state index in [9.17, 15) is 4.79 Å². The number of rotatable bonds is 6. The van der Waals surface area contributed by atoms with Crippen molar-refractivity contribution in [1.82, 2.24) is 4.90 Å². The highest BCUT2D eigenvalue weighted by atomic mass is 16.5. The van der Waals surface area contributed by atoms with Crippen LogP contribution < -0.4 is 10.1 Å². The Morgan fingerprint density at radius 2 is 1.88 bits per heavy atom. The number of nitrogens with one attached hydrogen (secondary N) is 1. The molecule has 2 aliphatic heterocycles. The Bertz CT molecular complexity index is 532. The number of hydrogen-bond acceptors (Lipinski definition) is 3. The molecule has 2 atom stereocenters. The van der Waals surface area contributed by atoms with E-state index in [0.717, 1.165) is 56.6 Å². The summed E-state index contributed by atoms with van der Waals surface area (Å²) in [6.45, 7) is 2.88. The van der Waals surface area contributed by atoms with Gasteiger partial charge < -0.3 is 19.7 Å². The van der Waals surface area contributed by atoms with Gasteiger partial charge in [-0.25, -0.2) is 4.79 Å². The molecule has 0 radical (unpaired) electrons. The molecule has 3 rings (SSSR count). The van der Waals surface area contributed by atoms with E-state index in [1.807, 2.05) is 29.2 Å². The summed E-state index contributed by atoms with van der Waals surface area (Å²) in [7, 11) is 1.77. The van der Waals surface area contributed by atoms with Gasteiger partial charge in [0.25, 0.3) is 0 Å². The predicted octanol–water partition coefficient (Wildman–Crippen LogP) is 4.04. The van der Waals surface area contributed by atoms with E-state index in [0.29, 0.717) is 18.2 Å². The Morgan fingerprint density at radius 3 is 2.46 bits per heavy atom. The minimum absolute atomic E-state index is 0.0108. The molecule has 0 spiro atoms. The van der Waals surface area contributed by atoms with Crippen LogP contribution in [-0.4, -0.2) is 42.8 Å². The first kappa shape index (κ1) is 17.1. The number of unbranched alkanes of at least 4 members (excludes halogenated alkanes) is 1. The van der Waals surface area contributed by atoms with Gasteiger partial charge in [0.1, 0.15) is 5.75 Å². The number of amides is 2. The SMILES string of the molecule is CCCCOc1ccc(NC(=O)N2C3CCC2CC(OC)C3)cc1. The van der Waals surface area contributed by atoms with E-state index >= 15 is 0 Å². The first-order valence-electron chi connectivity index (χ1n) is 9.06. The fourth-order valence-electron chi connectivity index (χ4n) is 3.81.